The zero-order valence-electron chi connectivity index (χ0n) is 14.1. The van der Waals surface area contributed by atoms with Crippen molar-refractivity contribution in [1.29, 1.82) is 5.26 Å². The van der Waals surface area contributed by atoms with Gasteiger partial charge in [-0.3, -0.25) is 4.90 Å². The standard InChI is InChI=1S/C18H19N7/c1-23-13-22-16-17(23)20-12-21-18(16)25-8-6-24(7-9-25)11-15-4-2-14(10-19)3-5-15/h2-5,12-13H,6-9,11H2,1H3. The molecule has 0 aliphatic carbocycles. The van der Waals surface area contributed by atoms with E-state index in [0.717, 1.165) is 49.7 Å². The number of aromatic nitrogens is 4. The van der Waals surface area contributed by atoms with Crippen molar-refractivity contribution in [3.05, 3.63) is 48.0 Å². The van der Waals surface area contributed by atoms with Gasteiger partial charge in [0.05, 0.1) is 18.0 Å². The molecule has 0 amide bonds. The van der Waals surface area contributed by atoms with Crippen molar-refractivity contribution in [3.8, 4) is 6.07 Å². The van der Waals surface area contributed by atoms with Crippen LogP contribution in [0.4, 0.5) is 5.82 Å². The van der Waals surface area contributed by atoms with Crippen LogP contribution < -0.4 is 4.90 Å². The summed E-state index contributed by atoms with van der Waals surface area (Å²) in [7, 11) is 1.95. The average Bonchev–Trinajstić information content (AvgIpc) is 3.04. The van der Waals surface area contributed by atoms with E-state index in [-0.39, 0.29) is 0 Å². The Morgan fingerprint density at radius 3 is 2.52 bits per heavy atom. The number of imidazole rings is 1. The Balaban J connectivity index is 1.43. The fourth-order valence-corrected chi connectivity index (χ4v) is 3.23. The van der Waals surface area contributed by atoms with Crippen molar-refractivity contribution < 1.29 is 0 Å². The molecule has 126 valence electrons. The minimum Gasteiger partial charge on any atom is -0.352 e. The molecule has 7 nitrogen and oxygen atoms in total. The second kappa shape index (κ2) is 6.49. The number of benzene rings is 1. The Kier molecular flexibility index (Phi) is 4.04. The van der Waals surface area contributed by atoms with Gasteiger partial charge in [-0.2, -0.15) is 5.26 Å². The molecule has 0 spiro atoms. The van der Waals surface area contributed by atoms with Gasteiger partial charge in [-0.15, -0.1) is 0 Å². The smallest absolute Gasteiger partial charge is 0.165 e. The molecular weight excluding hydrogens is 314 g/mol. The molecule has 1 saturated heterocycles. The highest BCUT2D eigenvalue weighted by atomic mass is 15.3. The van der Waals surface area contributed by atoms with Crippen LogP contribution in [0.3, 0.4) is 0 Å². The first-order chi connectivity index (χ1) is 12.2. The predicted molar refractivity (Wildman–Crippen MR) is 95.0 cm³/mol. The van der Waals surface area contributed by atoms with Crippen LogP contribution in [-0.4, -0.2) is 50.6 Å². The fraction of sp³-hybridized carbons (Fsp3) is 0.333. The molecule has 3 heterocycles. The number of aryl methyl sites for hydroxylation is 1. The Morgan fingerprint density at radius 1 is 1.04 bits per heavy atom. The first-order valence-corrected chi connectivity index (χ1v) is 8.33. The van der Waals surface area contributed by atoms with E-state index in [0.29, 0.717) is 5.56 Å². The summed E-state index contributed by atoms with van der Waals surface area (Å²) < 4.78 is 1.92. The van der Waals surface area contributed by atoms with Gasteiger partial charge in [0.15, 0.2) is 17.0 Å². The fourth-order valence-electron chi connectivity index (χ4n) is 3.23. The highest BCUT2D eigenvalue weighted by Gasteiger charge is 2.21. The number of fused-ring (bicyclic) bond motifs is 1. The number of hydrogen-bond acceptors (Lipinski definition) is 6. The van der Waals surface area contributed by atoms with E-state index < -0.39 is 0 Å². The van der Waals surface area contributed by atoms with E-state index >= 15 is 0 Å². The Labute approximate surface area is 146 Å². The quantitative estimate of drug-likeness (QED) is 0.724. The van der Waals surface area contributed by atoms with Gasteiger partial charge in [-0.25, -0.2) is 15.0 Å². The molecule has 0 saturated carbocycles. The average molecular weight is 333 g/mol. The van der Waals surface area contributed by atoms with Crippen LogP contribution in [0.25, 0.3) is 11.2 Å². The van der Waals surface area contributed by atoms with E-state index in [1.165, 1.54) is 5.56 Å². The molecule has 7 heteroatoms. The van der Waals surface area contributed by atoms with E-state index in [2.05, 4.69) is 30.8 Å². The minimum absolute atomic E-state index is 0.705. The van der Waals surface area contributed by atoms with Gasteiger partial charge in [0.2, 0.25) is 0 Å². The topological polar surface area (TPSA) is 73.9 Å². The summed E-state index contributed by atoms with van der Waals surface area (Å²) in [5.41, 5.74) is 3.67. The summed E-state index contributed by atoms with van der Waals surface area (Å²) >= 11 is 0. The Hall–Kier alpha value is -2.98. The number of nitrogens with zero attached hydrogens (tertiary/aromatic N) is 7. The second-order valence-electron chi connectivity index (χ2n) is 6.30. The summed E-state index contributed by atoms with van der Waals surface area (Å²) in [6, 6.07) is 9.99. The molecule has 3 aromatic rings. The van der Waals surface area contributed by atoms with Crippen molar-refractivity contribution in [2.75, 3.05) is 31.1 Å². The monoisotopic (exact) mass is 333 g/mol. The first kappa shape index (κ1) is 15.5. The summed E-state index contributed by atoms with van der Waals surface area (Å²) in [5, 5.41) is 8.88. The third-order valence-corrected chi connectivity index (χ3v) is 4.64. The van der Waals surface area contributed by atoms with E-state index in [1.807, 2.05) is 35.9 Å². The predicted octanol–water partition coefficient (Wildman–Crippen LogP) is 1.56. The summed E-state index contributed by atoms with van der Waals surface area (Å²) in [6.07, 6.45) is 3.40. The molecule has 1 fully saturated rings. The maximum atomic E-state index is 8.88. The molecule has 25 heavy (non-hydrogen) atoms. The normalized spacial score (nSPS) is 15.4. The SMILES string of the molecule is Cn1cnc2c(N3CCN(Cc4ccc(C#N)cc4)CC3)ncnc21. The van der Waals surface area contributed by atoms with Crippen molar-refractivity contribution in [2.45, 2.75) is 6.54 Å². The lowest BCUT2D eigenvalue weighted by Gasteiger charge is -2.35. The van der Waals surface area contributed by atoms with Gasteiger partial charge < -0.3 is 9.47 Å². The van der Waals surface area contributed by atoms with Crippen LogP contribution in [0.5, 0.6) is 0 Å². The van der Waals surface area contributed by atoms with Gasteiger partial charge in [0.1, 0.15) is 6.33 Å². The lowest BCUT2D eigenvalue weighted by atomic mass is 10.1. The highest BCUT2D eigenvalue weighted by Crippen LogP contribution is 2.22. The number of piperazine rings is 1. The number of nitriles is 1. The molecule has 1 aliphatic rings. The lowest BCUT2D eigenvalue weighted by Crippen LogP contribution is -2.46. The Morgan fingerprint density at radius 2 is 1.80 bits per heavy atom. The van der Waals surface area contributed by atoms with E-state index in [9.17, 15) is 0 Å². The first-order valence-electron chi connectivity index (χ1n) is 8.33. The summed E-state index contributed by atoms with van der Waals surface area (Å²) in [4.78, 5) is 17.9. The third kappa shape index (κ3) is 3.04. The Bertz CT molecular complexity index is 915. The van der Waals surface area contributed by atoms with E-state index in [4.69, 9.17) is 5.26 Å². The number of anilines is 1. The molecule has 0 N–H and O–H groups in total. The van der Waals surface area contributed by atoms with Gasteiger partial charge in [-0.05, 0) is 17.7 Å². The molecule has 0 bridgehead atoms. The molecule has 0 unspecified atom stereocenters. The summed E-state index contributed by atoms with van der Waals surface area (Å²) in [5.74, 6) is 0.920. The molecule has 0 atom stereocenters. The van der Waals surface area contributed by atoms with Gasteiger partial charge in [0, 0.05) is 39.8 Å². The van der Waals surface area contributed by atoms with Crippen LogP contribution in [0.2, 0.25) is 0 Å². The maximum Gasteiger partial charge on any atom is 0.165 e. The molecule has 1 aliphatic heterocycles. The second-order valence-corrected chi connectivity index (χ2v) is 6.30. The third-order valence-electron chi connectivity index (χ3n) is 4.64. The molecular formula is C18H19N7. The van der Waals surface area contributed by atoms with Crippen LogP contribution >= 0.6 is 0 Å². The molecule has 2 aromatic heterocycles. The van der Waals surface area contributed by atoms with Crippen molar-refractivity contribution in [3.63, 3.8) is 0 Å². The summed E-state index contributed by atoms with van der Waals surface area (Å²) in [6.45, 7) is 4.68. The van der Waals surface area contributed by atoms with Crippen molar-refractivity contribution in [1.82, 2.24) is 24.4 Å². The lowest BCUT2D eigenvalue weighted by molar-refractivity contribution is 0.249. The van der Waals surface area contributed by atoms with E-state index in [1.54, 1.807) is 12.7 Å². The van der Waals surface area contributed by atoms with Crippen LogP contribution in [0.1, 0.15) is 11.1 Å². The van der Waals surface area contributed by atoms with Gasteiger partial charge in [-0.1, -0.05) is 12.1 Å². The molecule has 4 rings (SSSR count). The molecule has 1 aromatic carbocycles. The maximum absolute atomic E-state index is 8.88. The molecule has 0 radical (unpaired) electrons. The minimum atomic E-state index is 0.705. The van der Waals surface area contributed by atoms with Crippen molar-refractivity contribution >= 4 is 17.0 Å². The van der Waals surface area contributed by atoms with Gasteiger partial charge >= 0.3 is 0 Å². The zero-order chi connectivity index (χ0) is 17.2. The van der Waals surface area contributed by atoms with Crippen LogP contribution in [-0.2, 0) is 13.6 Å². The van der Waals surface area contributed by atoms with Crippen molar-refractivity contribution in [2.24, 2.45) is 7.05 Å². The zero-order valence-corrected chi connectivity index (χ0v) is 14.1. The van der Waals surface area contributed by atoms with Crippen LogP contribution in [0.15, 0.2) is 36.9 Å². The number of rotatable bonds is 3. The number of hydrogen-bond donors (Lipinski definition) is 0. The van der Waals surface area contributed by atoms with Crippen LogP contribution in [0, 0.1) is 11.3 Å². The largest absolute Gasteiger partial charge is 0.352 e. The highest BCUT2D eigenvalue weighted by molar-refractivity contribution is 5.83. The van der Waals surface area contributed by atoms with Gasteiger partial charge in [0.25, 0.3) is 0 Å².